The fourth-order valence-corrected chi connectivity index (χ4v) is 2.80. The Morgan fingerprint density at radius 1 is 1.12 bits per heavy atom. The van der Waals surface area contributed by atoms with Gasteiger partial charge in [-0.25, -0.2) is 4.79 Å². The second-order valence-electron chi connectivity index (χ2n) is 5.82. The molecule has 0 saturated carbocycles. The molecule has 0 spiro atoms. The van der Waals surface area contributed by atoms with Crippen molar-refractivity contribution in [2.24, 2.45) is 0 Å². The molecule has 25 heavy (non-hydrogen) atoms. The molecule has 1 aromatic heterocycles. The lowest BCUT2D eigenvalue weighted by Crippen LogP contribution is -2.33. The fourth-order valence-electron chi connectivity index (χ4n) is 2.80. The molecule has 0 aliphatic heterocycles. The number of hydrogen-bond acceptors (Lipinski definition) is 4. The van der Waals surface area contributed by atoms with Crippen LogP contribution >= 0.6 is 0 Å². The van der Waals surface area contributed by atoms with Gasteiger partial charge in [-0.15, -0.1) is 0 Å². The van der Waals surface area contributed by atoms with Crippen LogP contribution in [0, 0.1) is 0 Å². The summed E-state index contributed by atoms with van der Waals surface area (Å²) in [4.78, 5) is 26.6. The van der Waals surface area contributed by atoms with E-state index < -0.39 is 11.5 Å². The predicted octanol–water partition coefficient (Wildman–Crippen LogP) is 3.63. The Morgan fingerprint density at radius 3 is 2.56 bits per heavy atom. The van der Waals surface area contributed by atoms with E-state index in [-0.39, 0.29) is 11.6 Å². The van der Waals surface area contributed by atoms with Crippen LogP contribution in [0.4, 0.5) is 0 Å². The smallest absolute Gasteiger partial charge is 0.349 e. The third kappa shape index (κ3) is 3.13. The van der Waals surface area contributed by atoms with Crippen LogP contribution in [-0.4, -0.2) is 25.0 Å². The SMILES string of the molecule is COc1ccccc1C(C)N(C)C(=O)c1cc2ccccc2oc1=O. The highest BCUT2D eigenvalue weighted by Gasteiger charge is 2.24. The third-order valence-corrected chi connectivity index (χ3v) is 4.36. The molecule has 2 aromatic carbocycles. The van der Waals surface area contributed by atoms with E-state index in [1.807, 2.05) is 37.3 Å². The van der Waals surface area contributed by atoms with E-state index in [0.717, 1.165) is 5.56 Å². The van der Waals surface area contributed by atoms with Crippen molar-refractivity contribution in [2.45, 2.75) is 13.0 Å². The summed E-state index contributed by atoms with van der Waals surface area (Å²) in [6.45, 7) is 1.89. The van der Waals surface area contributed by atoms with Crippen LogP contribution < -0.4 is 10.4 Å². The Bertz CT molecular complexity index is 977. The van der Waals surface area contributed by atoms with E-state index >= 15 is 0 Å². The maximum Gasteiger partial charge on any atom is 0.349 e. The summed E-state index contributed by atoms with van der Waals surface area (Å²) < 4.78 is 10.6. The van der Waals surface area contributed by atoms with E-state index in [9.17, 15) is 9.59 Å². The first kappa shape index (κ1) is 16.8. The molecule has 0 radical (unpaired) electrons. The van der Waals surface area contributed by atoms with E-state index in [1.54, 1.807) is 38.4 Å². The molecule has 3 aromatic rings. The summed E-state index contributed by atoms with van der Waals surface area (Å²) >= 11 is 0. The summed E-state index contributed by atoms with van der Waals surface area (Å²) in [5.74, 6) is 0.304. The van der Waals surface area contributed by atoms with E-state index in [0.29, 0.717) is 16.7 Å². The molecule has 0 aliphatic carbocycles. The quantitative estimate of drug-likeness (QED) is 0.682. The Morgan fingerprint density at radius 2 is 1.80 bits per heavy atom. The largest absolute Gasteiger partial charge is 0.496 e. The number of hydrogen-bond donors (Lipinski definition) is 0. The number of nitrogens with zero attached hydrogens (tertiary/aromatic N) is 1. The van der Waals surface area contributed by atoms with Gasteiger partial charge in [-0.3, -0.25) is 4.79 Å². The Hall–Kier alpha value is -3.08. The zero-order valence-corrected chi connectivity index (χ0v) is 14.4. The molecular formula is C20H19NO4. The molecule has 0 N–H and O–H groups in total. The van der Waals surface area contributed by atoms with Crippen molar-refractivity contribution in [3.63, 3.8) is 0 Å². The highest BCUT2D eigenvalue weighted by Crippen LogP contribution is 2.28. The van der Waals surface area contributed by atoms with Gasteiger partial charge >= 0.3 is 5.63 Å². The summed E-state index contributed by atoms with van der Waals surface area (Å²) in [6.07, 6.45) is 0. The van der Waals surface area contributed by atoms with Gasteiger partial charge in [0, 0.05) is 18.0 Å². The molecular weight excluding hydrogens is 318 g/mol. The van der Waals surface area contributed by atoms with Gasteiger partial charge in [0.1, 0.15) is 16.9 Å². The van der Waals surface area contributed by atoms with Gasteiger partial charge in [0.15, 0.2) is 0 Å². The molecule has 0 bridgehead atoms. The average Bonchev–Trinajstić information content (AvgIpc) is 2.65. The molecule has 1 atom stereocenters. The van der Waals surface area contributed by atoms with E-state index in [2.05, 4.69) is 0 Å². The average molecular weight is 337 g/mol. The third-order valence-electron chi connectivity index (χ3n) is 4.36. The Labute approximate surface area is 145 Å². The normalized spacial score (nSPS) is 12.0. The number of rotatable bonds is 4. The Kier molecular flexibility index (Phi) is 4.57. The topological polar surface area (TPSA) is 59.8 Å². The lowest BCUT2D eigenvalue weighted by molar-refractivity contribution is 0.0737. The maximum absolute atomic E-state index is 12.8. The highest BCUT2D eigenvalue weighted by atomic mass is 16.5. The first-order chi connectivity index (χ1) is 12.0. The zero-order chi connectivity index (χ0) is 18.0. The number of methoxy groups -OCH3 is 1. The number of fused-ring (bicyclic) bond motifs is 1. The summed E-state index contributed by atoms with van der Waals surface area (Å²) in [7, 11) is 3.25. The zero-order valence-electron chi connectivity index (χ0n) is 14.4. The first-order valence-electron chi connectivity index (χ1n) is 7.96. The van der Waals surface area contributed by atoms with Crippen molar-refractivity contribution in [1.82, 2.24) is 4.90 Å². The lowest BCUT2D eigenvalue weighted by Gasteiger charge is -2.26. The van der Waals surface area contributed by atoms with E-state index in [4.69, 9.17) is 9.15 Å². The number of carbonyl (C=O) groups is 1. The van der Waals surface area contributed by atoms with Crippen molar-refractivity contribution in [2.75, 3.05) is 14.2 Å². The second-order valence-corrected chi connectivity index (χ2v) is 5.82. The van der Waals surface area contributed by atoms with E-state index in [1.165, 1.54) is 4.90 Å². The van der Waals surface area contributed by atoms with Gasteiger partial charge in [-0.1, -0.05) is 36.4 Å². The number of amides is 1. The van der Waals surface area contributed by atoms with Crippen molar-refractivity contribution >= 4 is 16.9 Å². The monoisotopic (exact) mass is 337 g/mol. The van der Waals surface area contributed by atoms with Crippen LogP contribution in [0.25, 0.3) is 11.0 Å². The number of ether oxygens (including phenoxy) is 1. The number of benzene rings is 2. The molecule has 5 heteroatoms. The first-order valence-corrected chi connectivity index (χ1v) is 7.96. The second kappa shape index (κ2) is 6.81. The van der Waals surface area contributed by atoms with Crippen molar-refractivity contribution in [3.05, 3.63) is 76.1 Å². The van der Waals surface area contributed by atoms with Crippen LogP contribution in [0.3, 0.4) is 0 Å². The van der Waals surface area contributed by atoms with Crippen LogP contribution in [0.5, 0.6) is 5.75 Å². The number of carbonyl (C=O) groups excluding carboxylic acids is 1. The van der Waals surface area contributed by atoms with Gasteiger partial charge in [0.2, 0.25) is 0 Å². The standard InChI is InChI=1S/C20H19NO4/c1-13(15-9-5-7-11-18(15)24-3)21(2)19(22)16-12-14-8-4-6-10-17(14)25-20(16)23/h4-13H,1-3H3. The van der Waals surface area contributed by atoms with Crippen molar-refractivity contribution in [3.8, 4) is 5.75 Å². The fraction of sp³-hybridized carbons (Fsp3) is 0.200. The van der Waals surface area contributed by atoms with Crippen LogP contribution in [0.15, 0.2) is 63.8 Å². The van der Waals surface area contributed by atoms with Crippen molar-refractivity contribution in [1.29, 1.82) is 0 Å². The minimum atomic E-state index is -0.636. The van der Waals surface area contributed by atoms with Crippen LogP contribution in [0.1, 0.15) is 28.9 Å². The maximum atomic E-state index is 12.8. The Balaban J connectivity index is 1.97. The summed E-state index contributed by atoms with van der Waals surface area (Å²) in [5, 5.41) is 0.712. The van der Waals surface area contributed by atoms with Crippen LogP contribution in [0.2, 0.25) is 0 Å². The minimum absolute atomic E-state index is 0.0166. The highest BCUT2D eigenvalue weighted by molar-refractivity contribution is 5.96. The summed E-state index contributed by atoms with van der Waals surface area (Å²) in [6, 6.07) is 15.9. The summed E-state index contributed by atoms with van der Waals surface area (Å²) in [5.41, 5.74) is 0.709. The lowest BCUT2D eigenvalue weighted by atomic mass is 10.0. The van der Waals surface area contributed by atoms with Gasteiger partial charge in [0.25, 0.3) is 5.91 Å². The van der Waals surface area contributed by atoms with Crippen molar-refractivity contribution < 1.29 is 13.9 Å². The van der Waals surface area contributed by atoms with Gasteiger partial charge in [0.05, 0.1) is 13.2 Å². The molecule has 1 heterocycles. The molecule has 0 fully saturated rings. The molecule has 1 unspecified atom stereocenters. The molecule has 1 amide bonds. The minimum Gasteiger partial charge on any atom is -0.496 e. The molecule has 0 saturated heterocycles. The predicted molar refractivity (Wildman–Crippen MR) is 96.0 cm³/mol. The molecule has 3 rings (SSSR count). The molecule has 5 nitrogen and oxygen atoms in total. The van der Waals surface area contributed by atoms with Gasteiger partial charge < -0.3 is 14.1 Å². The van der Waals surface area contributed by atoms with Gasteiger partial charge in [-0.2, -0.15) is 0 Å². The van der Waals surface area contributed by atoms with Gasteiger partial charge in [-0.05, 0) is 25.1 Å². The molecule has 128 valence electrons. The molecule has 0 aliphatic rings. The van der Waals surface area contributed by atoms with Crippen LogP contribution in [-0.2, 0) is 0 Å². The number of para-hydroxylation sites is 2.